The number of aliphatic hydroxyl groups excluding tert-OH is 1. The maximum atomic E-state index is 13.7. The van der Waals surface area contributed by atoms with Crippen LogP contribution in [0.5, 0.6) is 5.75 Å². The standard InChI is InChI=1S/C15H14FNO4/c1-10(18)14-6-5-13(8-15(14)16)21-9-11-3-2-4-12(7-11)17(19)20/h2-8,10,18H,9H2,1H3. The first kappa shape index (κ1) is 14.9. The Bertz CT molecular complexity index is 658. The van der Waals surface area contributed by atoms with E-state index < -0.39 is 16.8 Å². The summed E-state index contributed by atoms with van der Waals surface area (Å²) in [5, 5.41) is 20.0. The largest absolute Gasteiger partial charge is 0.489 e. The van der Waals surface area contributed by atoms with Gasteiger partial charge in [-0.2, -0.15) is 0 Å². The lowest BCUT2D eigenvalue weighted by molar-refractivity contribution is -0.384. The average Bonchev–Trinajstić information content (AvgIpc) is 2.45. The third kappa shape index (κ3) is 3.76. The van der Waals surface area contributed by atoms with Crippen LogP contribution in [0.4, 0.5) is 10.1 Å². The average molecular weight is 291 g/mol. The monoisotopic (exact) mass is 291 g/mol. The molecule has 1 atom stereocenters. The van der Waals surface area contributed by atoms with Crippen molar-refractivity contribution >= 4 is 5.69 Å². The molecule has 0 aliphatic carbocycles. The molecule has 0 aromatic heterocycles. The van der Waals surface area contributed by atoms with Crippen LogP contribution in [0.1, 0.15) is 24.2 Å². The number of rotatable bonds is 5. The lowest BCUT2D eigenvalue weighted by atomic mass is 10.1. The predicted octanol–water partition coefficient (Wildman–Crippen LogP) is 3.37. The second-order valence-corrected chi connectivity index (χ2v) is 4.57. The number of aliphatic hydroxyl groups is 1. The minimum atomic E-state index is -0.893. The molecule has 21 heavy (non-hydrogen) atoms. The fourth-order valence-electron chi connectivity index (χ4n) is 1.86. The molecule has 0 heterocycles. The molecule has 0 saturated carbocycles. The van der Waals surface area contributed by atoms with Crippen LogP contribution in [0.3, 0.4) is 0 Å². The highest BCUT2D eigenvalue weighted by Gasteiger charge is 2.10. The molecule has 2 aromatic carbocycles. The summed E-state index contributed by atoms with van der Waals surface area (Å²) in [4.78, 5) is 10.2. The highest BCUT2D eigenvalue weighted by atomic mass is 19.1. The van der Waals surface area contributed by atoms with Gasteiger partial charge >= 0.3 is 0 Å². The number of ether oxygens (including phenoxy) is 1. The van der Waals surface area contributed by atoms with E-state index >= 15 is 0 Å². The fraction of sp³-hybridized carbons (Fsp3) is 0.200. The Balaban J connectivity index is 2.08. The van der Waals surface area contributed by atoms with Crippen molar-refractivity contribution in [3.63, 3.8) is 0 Å². The van der Waals surface area contributed by atoms with Crippen molar-refractivity contribution < 1.29 is 19.2 Å². The molecule has 0 fully saturated rings. The zero-order chi connectivity index (χ0) is 15.4. The van der Waals surface area contributed by atoms with Gasteiger partial charge in [0, 0.05) is 23.8 Å². The SMILES string of the molecule is CC(O)c1ccc(OCc2cccc([N+](=O)[O-])c2)cc1F. The van der Waals surface area contributed by atoms with Crippen LogP contribution in [0.2, 0.25) is 0 Å². The van der Waals surface area contributed by atoms with Gasteiger partial charge in [-0.3, -0.25) is 10.1 Å². The summed E-state index contributed by atoms with van der Waals surface area (Å²) >= 11 is 0. The first-order valence-corrected chi connectivity index (χ1v) is 6.31. The lowest BCUT2D eigenvalue weighted by Crippen LogP contribution is -1.99. The van der Waals surface area contributed by atoms with Gasteiger partial charge in [-0.15, -0.1) is 0 Å². The van der Waals surface area contributed by atoms with Crippen molar-refractivity contribution in [2.24, 2.45) is 0 Å². The van der Waals surface area contributed by atoms with Gasteiger partial charge in [0.2, 0.25) is 0 Å². The number of hydrogen-bond acceptors (Lipinski definition) is 4. The first-order valence-electron chi connectivity index (χ1n) is 6.31. The van der Waals surface area contributed by atoms with E-state index in [-0.39, 0.29) is 17.9 Å². The number of nitro groups is 1. The number of non-ortho nitro benzene ring substituents is 1. The second kappa shape index (κ2) is 6.32. The molecule has 5 nitrogen and oxygen atoms in total. The van der Waals surface area contributed by atoms with E-state index in [0.29, 0.717) is 11.3 Å². The zero-order valence-corrected chi connectivity index (χ0v) is 11.3. The molecule has 0 bridgehead atoms. The summed E-state index contributed by atoms with van der Waals surface area (Å²) in [6.45, 7) is 1.57. The van der Waals surface area contributed by atoms with E-state index in [2.05, 4.69) is 0 Å². The number of nitro benzene ring substituents is 1. The third-order valence-electron chi connectivity index (χ3n) is 2.95. The molecule has 0 aliphatic rings. The zero-order valence-electron chi connectivity index (χ0n) is 11.3. The maximum Gasteiger partial charge on any atom is 0.269 e. The van der Waals surface area contributed by atoms with E-state index in [1.54, 1.807) is 18.2 Å². The molecular formula is C15H14FNO4. The smallest absolute Gasteiger partial charge is 0.269 e. The van der Waals surface area contributed by atoms with Gasteiger partial charge < -0.3 is 9.84 Å². The van der Waals surface area contributed by atoms with Gasteiger partial charge in [0.1, 0.15) is 18.2 Å². The molecule has 0 spiro atoms. The Morgan fingerprint density at radius 2 is 2.10 bits per heavy atom. The number of nitrogens with zero attached hydrogens (tertiary/aromatic N) is 1. The Kier molecular flexibility index (Phi) is 4.49. The maximum absolute atomic E-state index is 13.7. The third-order valence-corrected chi connectivity index (χ3v) is 2.95. The van der Waals surface area contributed by atoms with Gasteiger partial charge in [-0.25, -0.2) is 4.39 Å². The number of halogens is 1. The van der Waals surface area contributed by atoms with Crippen molar-refractivity contribution in [1.82, 2.24) is 0 Å². The van der Waals surface area contributed by atoms with Gasteiger partial charge in [-0.1, -0.05) is 12.1 Å². The van der Waals surface area contributed by atoms with Crippen molar-refractivity contribution in [3.05, 3.63) is 69.5 Å². The first-order chi connectivity index (χ1) is 9.97. The highest BCUT2D eigenvalue weighted by Crippen LogP contribution is 2.23. The summed E-state index contributed by atoms with van der Waals surface area (Å²) in [5.41, 5.74) is 0.786. The van der Waals surface area contributed by atoms with E-state index in [9.17, 15) is 19.6 Å². The van der Waals surface area contributed by atoms with Crippen LogP contribution in [0, 0.1) is 15.9 Å². The van der Waals surface area contributed by atoms with Gasteiger partial charge in [-0.05, 0) is 24.6 Å². The highest BCUT2D eigenvalue weighted by molar-refractivity contribution is 5.35. The van der Waals surface area contributed by atoms with Crippen molar-refractivity contribution in [3.8, 4) is 5.75 Å². The number of hydrogen-bond donors (Lipinski definition) is 1. The summed E-state index contributed by atoms with van der Waals surface area (Å²) in [5.74, 6) is -0.259. The predicted molar refractivity (Wildman–Crippen MR) is 74.5 cm³/mol. The summed E-state index contributed by atoms with van der Waals surface area (Å²) in [7, 11) is 0. The molecule has 6 heteroatoms. The molecule has 2 aromatic rings. The summed E-state index contributed by atoms with van der Waals surface area (Å²) in [6.07, 6.45) is -0.893. The van der Waals surface area contributed by atoms with Gasteiger partial charge in [0.15, 0.2) is 0 Å². The fourth-order valence-corrected chi connectivity index (χ4v) is 1.86. The molecular weight excluding hydrogens is 277 g/mol. The summed E-state index contributed by atoms with van der Waals surface area (Å²) in [6, 6.07) is 10.2. The van der Waals surface area contributed by atoms with Crippen molar-refractivity contribution in [2.45, 2.75) is 19.6 Å². The molecule has 0 radical (unpaired) electrons. The van der Waals surface area contributed by atoms with Crippen molar-refractivity contribution in [1.29, 1.82) is 0 Å². The molecule has 110 valence electrons. The molecule has 1 N–H and O–H groups in total. The molecule has 2 rings (SSSR count). The van der Waals surface area contributed by atoms with Crippen LogP contribution in [0.25, 0.3) is 0 Å². The van der Waals surface area contributed by atoms with Gasteiger partial charge in [0.05, 0.1) is 11.0 Å². The van der Waals surface area contributed by atoms with Crippen LogP contribution in [0.15, 0.2) is 42.5 Å². The normalized spacial score (nSPS) is 12.0. The molecule has 1 unspecified atom stereocenters. The Hall–Kier alpha value is -2.47. The Labute approximate surface area is 120 Å². The molecule has 0 aliphatic heterocycles. The van der Waals surface area contributed by atoms with Crippen LogP contribution in [-0.2, 0) is 6.61 Å². The number of benzene rings is 2. The lowest BCUT2D eigenvalue weighted by Gasteiger charge is -2.10. The van der Waals surface area contributed by atoms with E-state index in [1.165, 1.54) is 31.2 Å². The quantitative estimate of drug-likeness (QED) is 0.677. The second-order valence-electron chi connectivity index (χ2n) is 4.57. The van der Waals surface area contributed by atoms with Crippen LogP contribution < -0.4 is 4.74 Å². The molecule has 0 amide bonds. The van der Waals surface area contributed by atoms with Gasteiger partial charge in [0.25, 0.3) is 5.69 Å². The van der Waals surface area contributed by atoms with Crippen LogP contribution in [-0.4, -0.2) is 10.0 Å². The minimum Gasteiger partial charge on any atom is -0.489 e. The van der Waals surface area contributed by atoms with Crippen molar-refractivity contribution in [2.75, 3.05) is 0 Å². The Morgan fingerprint density at radius 3 is 2.71 bits per heavy atom. The van der Waals surface area contributed by atoms with E-state index in [0.717, 1.165) is 0 Å². The summed E-state index contributed by atoms with van der Waals surface area (Å²) < 4.78 is 19.1. The van der Waals surface area contributed by atoms with E-state index in [4.69, 9.17) is 4.74 Å². The van der Waals surface area contributed by atoms with E-state index in [1.807, 2.05) is 0 Å². The Morgan fingerprint density at radius 1 is 1.33 bits per heavy atom. The minimum absolute atomic E-state index is 0.0215. The van der Waals surface area contributed by atoms with Crippen LogP contribution >= 0.6 is 0 Å². The topological polar surface area (TPSA) is 72.6 Å². The molecule has 0 saturated heterocycles.